The number of rotatable bonds is 4. The molecule has 0 aromatic carbocycles. The summed E-state index contributed by atoms with van der Waals surface area (Å²) in [7, 11) is -3.74. The molecule has 12 nitrogen and oxygen atoms in total. The van der Waals surface area contributed by atoms with Crippen molar-refractivity contribution in [3.05, 3.63) is 12.7 Å². The molecule has 1 aliphatic heterocycles. The predicted octanol–water partition coefficient (Wildman–Crippen LogP) is -3.10. The minimum Gasteiger partial charge on any atom is -0.387 e. The van der Waals surface area contributed by atoms with Crippen LogP contribution in [0.25, 0.3) is 11.2 Å². The number of hydrogen-bond acceptors (Lipinski definition) is 10. The van der Waals surface area contributed by atoms with Crippen LogP contribution in [0, 0.1) is 0 Å². The van der Waals surface area contributed by atoms with Crippen molar-refractivity contribution in [2.75, 3.05) is 12.0 Å². The maximum Gasteiger partial charge on any atom is 0.210 e. The first-order valence-corrected chi connectivity index (χ1v) is 8.68. The van der Waals surface area contributed by atoms with Crippen molar-refractivity contribution in [3.8, 4) is 0 Å². The fraction of sp³-hybridized carbons (Fsp3) is 0.545. The largest absolute Gasteiger partial charge is 0.387 e. The number of nitrogens with two attached hydrogens (primary N) is 1. The summed E-state index contributed by atoms with van der Waals surface area (Å²) < 4.78 is 31.0. The molecular weight excluding hydrogens is 344 g/mol. The van der Waals surface area contributed by atoms with Crippen LogP contribution in [0.1, 0.15) is 6.23 Å². The summed E-state index contributed by atoms with van der Waals surface area (Å²) in [6, 6.07) is 0. The molecule has 2 aromatic heterocycles. The van der Waals surface area contributed by atoms with Gasteiger partial charge in [-0.25, -0.2) is 23.4 Å². The van der Waals surface area contributed by atoms with Crippen LogP contribution < -0.4 is 10.5 Å². The zero-order valence-electron chi connectivity index (χ0n) is 12.4. The van der Waals surface area contributed by atoms with Crippen molar-refractivity contribution in [1.82, 2.24) is 24.2 Å². The van der Waals surface area contributed by atoms with Gasteiger partial charge in [-0.2, -0.15) is 4.72 Å². The number of aliphatic hydroxyl groups excluding tert-OH is 3. The lowest BCUT2D eigenvalue weighted by molar-refractivity contribution is -0.0864. The second kappa shape index (κ2) is 5.87. The van der Waals surface area contributed by atoms with E-state index >= 15 is 0 Å². The number of hydrogen-bond donors (Lipinski definition) is 5. The molecule has 2 aromatic rings. The van der Waals surface area contributed by atoms with Crippen LogP contribution in [0.2, 0.25) is 0 Å². The molecule has 0 bridgehead atoms. The Morgan fingerprint density at radius 3 is 2.71 bits per heavy atom. The highest BCUT2D eigenvalue weighted by Crippen LogP contribution is 2.32. The second-order valence-corrected chi connectivity index (χ2v) is 7.17. The number of imidazole rings is 1. The van der Waals surface area contributed by atoms with Gasteiger partial charge in [-0.3, -0.25) is 4.57 Å². The smallest absolute Gasteiger partial charge is 0.210 e. The van der Waals surface area contributed by atoms with Crippen molar-refractivity contribution in [1.29, 1.82) is 0 Å². The van der Waals surface area contributed by atoms with Crippen LogP contribution in [0.4, 0.5) is 5.82 Å². The van der Waals surface area contributed by atoms with Crippen LogP contribution in [-0.2, 0) is 14.8 Å². The molecule has 13 heteroatoms. The quantitative estimate of drug-likeness (QED) is 0.349. The van der Waals surface area contributed by atoms with E-state index in [0.717, 1.165) is 6.26 Å². The number of sulfonamides is 1. The average molecular weight is 360 g/mol. The van der Waals surface area contributed by atoms with E-state index in [9.17, 15) is 23.7 Å². The zero-order chi connectivity index (χ0) is 17.6. The first-order valence-electron chi connectivity index (χ1n) is 6.79. The van der Waals surface area contributed by atoms with Gasteiger partial charge in [0.2, 0.25) is 10.0 Å². The normalized spacial score (nSPS) is 29.2. The van der Waals surface area contributed by atoms with Gasteiger partial charge in [0.1, 0.15) is 36.4 Å². The number of nitrogens with one attached hydrogen (secondary N) is 1. The molecule has 6 N–H and O–H groups in total. The molecule has 1 unspecified atom stereocenters. The molecule has 1 aliphatic rings. The second-order valence-electron chi connectivity index (χ2n) is 5.39. The van der Waals surface area contributed by atoms with Crippen molar-refractivity contribution >= 4 is 27.0 Å². The molecule has 0 saturated carbocycles. The number of ether oxygens (including phenoxy) is 1. The Morgan fingerprint density at radius 1 is 1.33 bits per heavy atom. The molecule has 24 heavy (non-hydrogen) atoms. The SMILES string of the molecule is CS(=O)(=O)NC(O)[C@H]1O[C@@H](n2cnc3c(N)ncnc32)[C@H](O)[C@@H]1O. The number of aromatic nitrogens is 4. The first kappa shape index (κ1) is 16.9. The van der Waals surface area contributed by atoms with Crippen molar-refractivity contribution in [3.63, 3.8) is 0 Å². The van der Waals surface area contributed by atoms with Gasteiger partial charge in [0.25, 0.3) is 0 Å². The lowest BCUT2D eigenvalue weighted by Gasteiger charge is -2.21. The number of aliphatic hydroxyl groups is 3. The van der Waals surface area contributed by atoms with E-state index in [2.05, 4.69) is 15.0 Å². The van der Waals surface area contributed by atoms with Crippen LogP contribution in [0.5, 0.6) is 0 Å². The van der Waals surface area contributed by atoms with Crippen LogP contribution in [-0.4, -0.2) is 74.1 Å². The average Bonchev–Trinajstić information content (AvgIpc) is 3.01. The maximum absolute atomic E-state index is 11.2. The van der Waals surface area contributed by atoms with Gasteiger partial charge in [0.15, 0.2) is 17.7 Å². The van der Waals surface area contributed by atoms with Gasteiger partial charge in [-0.1, -0.05) is 0 Å². The highest BCUT2D eigenvalue weighted by atomic mass is 32.2. The van der Waals surface area contributed by atoms with E-state index in [-0.39, 0.29) is 17.0 Å². The summed E-state index contributed by atoms with van der Waals surface area (Å²) in [4.78, 5) is 11.8. The molecule has 3 rings (SSSR count). The van der Waals surface area contributed by atoms with E-state index in [1.54, 1.807) is 0 Å². The third-order valence-electron chi connectivity index (χ3n) is 3.58. The minimum atomic E-state index is -3.74. The van der Waals surface area contributed by atoms with Crippen LogP contribution >= 0.6 is 0 Å². The molecule has 0 aliphatic carbocycles. The number of anilines is 1. The third kappa shape index (κ3) is 2.92. The fourth-order valence-electron chi connectivity index (χ4n) is 2.52. The van der Waals surface area contributed by atoms with Crippen LogP contribution in [0.3, 0.4) is 0 Å². The highest BCUT2D eigenvalue weighted by molar-refractivity contribution is 7.88. The molecule has 132 valence electrons. The molecule has 1 saturated heterocycles. The van der Waals surface area contributed by atoms with Crippen molar-refractivity contribution < 1.29 is 28.5 Å². The third-order valence-corrected chi connectivity index (χ3v) is 4.25. The van der Waals surface area contributed by atoms with E-state index in [4.69, 9.17) is 10.5 Å². The Bertz CT molecular complexity index is 856. The predicted molar refractivity (Wildman–Crippen MR) is 79.6 cm³/mol. The van der Waals surface area contributed by atoms with Gasteiger partial charge in [-0.15, -0.1) is 0 Å². The van der Waals surface area contributed by atoms with E-state index in [1.807, 2.05) is 4.72 Å². The Labute approximate surface area is 136 Å². The fourth-order valence-corrected chi connectivity index (χ4v) is 3.09. The molecular formula is C11H16N6O6S. The topological polar surface area (TPSA) is 186 Å². The summed E-state index contributed by atoms with van der Waals surface area (Å²) in [5.41, 5.74) is 6.21. The Balaban J connectivity index is 1.91. The van der Waals surface area contributed by atoms with Crippen molar-refractivity contribution in [2.24, 2.45) is 0 Å². The molecule has 5 atom stereocenters. The lowest BCUT2D eigenvalue weighted by Crippen LogP contribution is -2.48. The monoisotopic (exact) mass is 360 g/mol. The van der Waals surface area contributed by atoms with Gasteiger partial charge in [0, 0.05) is 0 Å². The molecule has 0 radical (unpaired) electrons. The van der Waals surface area contributed by atoms with E-state index in [1.165, 1.54) is 17.2 Å². The standard InChI is InChI=1S/C11H16N6O6S/c1-24(21,22)16-10(20)7-5(18)6(19)11(23-7)17-3-15-4-8(12)13-2-14-9(4)17/h2-3,5-7,10-11,16,18-20H,1H3,(H2,12,13,14)/t5-,6+,7-,10?,11+/m0/s1. The maximum atomic E-state index is 11.2. The van der Waals surface area contributed by atoms with Crippen LogP contribution in [0.15, 0.2) is 12.7 Å². The molecule has 0 amide bonds. The summed E-state index contributed by atoms with van der Waals surface area (Å²) >= 11 is 0. The minimum absolute atomic E-state index is 0.127. The van der Waals surface area contributed by atoms with Gasteiger partial charge in [-0.05, 0) is 0 Å². The first-order chi connectivity index (χ1) is 11.2. The number of nitrogen functional groups attached to an aromatic ring is 1. The number of nitrogens with zero attached hydrogens (tertiary/aromatic N) is 4. The van der Waals surface area contributed by atoms with E-state index < -0.39 is 40.8 Å². The van der Waals surface area contributed by atoms with E-state index in [0.29, 0.717) is 0 Å². The Kier molecular flexibility index (Phi) is 4.15. The highest BCUT2D eigenvalue weighted by Gasteiger charge is 2.48. The summed E-state index contributed by atoms with van der Waals surface area (Å²) in [5, 5.41) is 30.1. The summed E-state index contributed by atoms with van der Waals surface area (Å²) in [5.74, 6) is 0.127. The lowest BCUT2D eigenvalue weighted by atomic mass is 10.1. The Hall–Kier alpha value is -1.90. The summed E-state index contributed by atoms with van der Waals surface area (Å²) in [6.45, 7) is 0. The van der Waals surface area contributed by atoms with Gasteiger partial charge < -0.3 is 25.8 Å². The van der Waals surface area contributed by atoms with Gasteiger partial charge >= 0.3 is 0 Å². The Morgan fingerprint density at radius 2 is 2.04 bits per heavy atom. The van der Waals surface area contributed by atoms with Gasteiger partial charge in [0.05, 0.1) is 12.6 Å². The zero-order valence-corrected chi connectivity index (χ0v) is 13.2. The number of fused-ring (bicyclic) bond motifs is 1. The molecule has 1 fully saturated rings. The van der Waals surface area contributed by atoms with Crippen molar-refractivity contribution in [2.45, 2.75) is 30.8 Å². The summed E-state index contributed by atoms with van der Waals surface area (Å²) in [6.07, 6.45) is -3.97. The molecule has 3 heterocycles. The molecule has 0 spiro atoms.